The molecule has 1 aliphatic carbocycles. The smallest absolute Gasteiger partial charge is 0.187 e. The third-order valence-electron chi connectivity index (χ3n) is 11.1. The van der Waals surface area contributed by atoms with Crippen molar-refractivity contribution < 1.29 is 18.3 Å². The Hall–Kier alpha value is -5.22. The number of pyridine rings is 4. The van der Waals surface area contributed by atoms with E-state index in [1.165, 1.54) is 76.9 Å². The van der Waals surface area contributed by atoms with Crippen molar-refractivity contribution in [2.24, 2.45) is 5.92 Å². The minimum atomic E-state index is 0.347. The first-order chi connectivity index (χ1) is 21.3. The van der Waals surface area contributed by atoms with E-state index in [0.29, 0.717) is 24.0 Å². The van der Waals surface area contributed by atoms with Crippen LogP contribution in [0.5, 0.6) is 0 Å². The van der Waals surface area contributed by atoms with Gasteiger partial charge in [0.2, 0.25) is 35.7 Å². The summed E-state index contributed by atoms with van der Waals surface area (Å²) >= 11 is 0. The standard InChI is InChI=1S/C39H26N4/c1-3-9-27-22(6-1)17-19-41-36(27)37-28-10-4-2-7-26(28)20-30-29-16-15-25-14-12-23-11-13-24-8-5-18-40-34(24)32(23)35(25)43(29)31(21-42(30)37)33-38(40)39(33)41/h1-20,31,33,38-39H,21H2/q+4. The lowest BCUT2D eigenvalue weighted by Gasteiger charge is -2.23. The summed E-state index contributed by atoms with van der Waals surface area (Å²) in [6, 6.07) is 42.5. The first-order valence-electron chi connectivity index (χ1n) is 15.5. The van der Waals surface area contributed by atoms with E-state index in [0.717, 1.165) is 6.54 Å². The van der Waals surface area contributed by atoms with Crippen LogP contribution in [0.25, 0.3) is 76.9 Å². The molecule has 1 fully saturated rings. The van der Waals surface area contributed by atoms with Gasteiger partial charge in [-0.25, -0.2) is 0 Å². The molecule has 43 heavy (non-hydrogen) atoms. The first kappa shape index (κ1) is 21.5. The maximum atomic E-state index is 2.77. The number of fused-ring (bicyclic) bond motifs is 9. The van der Waals surface area contributed by atoms with Crippen molar-refractivity contribution in [1.29, 1.82) is 0 Å². The average Bonchev–Trinajstić information content (AvgIpc) is 3.78. The largest absolute Gasteiger partial charge is 0.286 e. The molecule has 8 aromatic rings. The lowest BCUT2D eigenvalue weighted by Crippen LogP contribution is -2.61. The summed E-state index contributed by atoms with van der Waals surface area (Å²) in [6.45, 7) is 0.974. The lowest BCUT2D eigenvalue weighted by molar-refractivity contribution is -0.812. The Morgan fingerprint density at radius 2 is 1.21 bits per heavy atom. The molecule has 4 atom stereocenters. The van der Waals surface area contributed by atoms with E-state index in [4.69, 9.17) is 0 Å². The molecule has 7 heterocycles. The van der Waals surface area contributed by atoms with Gasteiger partial charge in [0.1, 0.15) is 5.39 Å². The quantitative estimate of drug-likeness (QED) is 0.157. The maximum absolute atomic E-state index is 2.77. The van der Waals surface area contributed by atoms with Crippen LogP contribution in [-0.2, 0) is 6.54 Å². The van der Waals surface area contributed by atoms with Crippen LogP contribution >= 0.6 is 0 Å². The first-order valence-corrected chi connectivity index (χ1v) is 15.5. The minimum Gasteiger partial charge on any atom is -0.187 e. The summed E-state index contributed by atoms with van der Waals surface area (Å²) in [7, 11) is 0. The molecule has 0 amide bonds. The van der Waals surface area contributed by atoms with E-state index >= 15 is 0 Å². The van der Waals surface area contributed by atoms with Gasteiger partial charge >= 0.3 is 0 Å². The number of aromatic nitrogens is 4. The van der Waals surface area contributed by atoms with Gasteiger partial charge in [-0.2, -0.15) is 18.3 Å². The number of nitrogens with zero attached hydrogens (tertiary/aromatic N) is 4. The lowest BCUT2D eigenvalue weighted by atomic mass is 9.93. The summed E-state index contributed by atoms with van der Waals surface area (Å²) in [6.07, 6.45) is 4.75. The number of hydrogen-bond donors (Lipinski definition) is 0. The molecule has 4 aliphatic rings. The van der Waals surface area contributed by atoms with Gasteiger partial charge in [-0.05, 0) is 52.6 Å². The Bertz CT molecular complexity index is 2630. The molecule has 0 radical (unpaired) electrons. The van der Waals surface area contributed by atoms with Crippen LogP contribution in [0.3, 0.4) is 0 Å². The maximum Gasteiger partial charge on any atom is 0.286 e. The Labute approximate surface area is 246 Å². The molecule has 3 aliphatic heterocycles. The van der Waals surface area contributed by atoms with Crippen LogP contribution in [0.1, 0.15) is 18.1 Å². The topological polar surface area (TPSA) is 15.5 Å². The van der Waals surface area contributed by atoms with Crippen molar-refractivity contribution in [2.75, 3.05) is 0 Å². The fourth-order valence-electron chi connectivity index (χ4n) is 9.44. The molecule has 1 saturated carbocycles. The normalized spacial score (nSPS) is 21.9. The summed E-state index contributed by atoms with van der Waals surface area (Å²) in [4.78, 5) is 0. The Kier molecular flexibility index (Phi) is 3.52. The van der Waals surface area contributed by atoms with Crippen molar-refractivity contribution in [1.82, 2.24) is 0 Å². The van der Waals surface area contributed by atoms with E-state index in [2.05, 4.69) is 140 Å². The zero-order valence-electron chi connectivity index (χ0n) is 23.4. The molecule has 4 heteroatoms. The van der Waals surface area contributed by atoms with Gasteiger partial charge in [0.05, 0.1) is 10.8 Å². The number of rotatable bonds is 0. The Morgan fingerprint density at radius 1 is 0.512 bits per heavy atom. The Morgan fingerprint density at radius 3 is 2.09 bits per heavy atom. The Balaban J connectivity index is 1.39. The van der Waals surface area contributed by atoms with Crippen molar-refractivity contribution in [3.05, 3.63) is 122 Å². The van der Waals surface area contributed by atoms with Gasteiger partial charge in [0.15, 0.2) is 18.3 Å². The molecular weight excluding hydrogens is 524 g/mol. The van der Waals surface area contributed by atoms with Crippen LogP contribution in [0.2, 0.25) is 0 Å². The van der Waals surface area contributed by atoms with Crippen molar-refractivity contribution in [3.8, 4) is 22.8 Å². The zero-order chi connectivity index (χ0) is 27.6. The SMILES string of the molecule is c1ccc2c3[n+](ccc2c1)C1C2C1[n+]1cccc4ccc5ccc6ccc7[n+](c6c5c41)C2C[n+]1c-7cc2ccccc2c1-3. The molecule has 4 aromatic heterocycles. The molecule has 12 rings (SSSR count). The second-order valence-electron chi connectivity index (χ2n) is 13.0. The highest BCUT2D eigenvalue weighted by atomic mass is 15.3. The van der Waals surface area contributed by atoms with Crippen molar-refractivity contribution in [3.63, 3.8) is 0 Å². The predicted octanol–water partition coefficient (Wildman–Crippen LogP) is 6.23. The van der Waals surface area contributed by atoms with Gasteiger partial charge in [-0.3, -0.25) is 0 Å². The van der Waals surface area contributed by atoms with Crippen molar-refractivity contribution >= 4 is 54.1 Å². The second kappa shape index (κ2) is 7.04. The van der Waals surface area contributed by atoms with E-state index in [9.17, 15) is 0 Å². The monoisotopic (exact) mass is 550 g/mol. The summed E-state index contributed by atoms with van der Waals surface area (Å²) in [5, 5.41) is 10.6. The van der Waals surface area contributed by atoms with Gasteiger partial charge < -0.3 is 0 Å². The molecule has 4 nitrogen and oxygen atoms in total. The van der Waals surface area contributed by atoms with E-state index in [1.54, 1.807) is 0 Å². The van der Waals surface area contributed by atoms with Crippen LogP contribution < -0.4 is 18.3 Å². The third-order valence-corrected chi connectivity index (χ3v) is 11.1. The summed E-state index contributed by atoms with van der Waals surface area (Å²) in [5.74, 6) is 0.471. The highest BCUT2D eigenvalue weighted by molar-refractivity contribution is 6.15. The van der Waals surface area contributed by atoms with Crippen molar-refractivity contribution in [2.45, 2.75) is 24.7 Å². The highest BCUT2D eigenvalue weighted by Crippen LogP contribution is 2.57. The number of benzene rings is 4. The molecule has 6 bridgehead atoms. The molecule has 4 aromatic carbocycles. The summed E-state index contributed by atoms with van der Waals surface area (Å²) in [5.41, 5.74) is 8.11. The van der Waals surface area contributed by atoms with E-state index in [1.807, 2.05) is 0 Å². The highest BCUT2D eigenvalue weighted by Gasteiger charge is 2.76. The number of hydrogen-bond acceptors (Lipinski definition) is 0. The molecule has 0 spiro atoms. The minimum absolute atomic E-state index is 0.347. The van der Waals surface area contributed by atoms with E-state index < -0.39 is 0 Å². The van der Waals surface area contributed by atoms with Gasteiger partial charge in [-0.15, -0.1) is 0 Å². The molecule has 0 saturated heterocycles. The molecule has 198 valence electrons. The van der Waals surface area contributed by atoms with Gasteiger partial charge in [0, 0.05) is 35.0 Å². The van der Waals surface area contributed by atoms with E-state index in [-0.39, 0.29) is 0 Å². The third kappa shape index (κ3) is 2.38. The fourth-order valence-corrected chi connectivity index (χ4v) is 9.44. The summed E-state index contributed by atoms with van der Waals surface area (Å²) < 4.78 is 10.8. The molecule has 0 N–H and O–H groups in total. The van der Waals surface area contributed by atoms with Crippen LogP contribution in [-0.4, -0.2) is 0 Å². The van der Waals surface area contributed by atoms with Gasteiger partial charge in [0.25, 0.3) is 22.8 Å². The van der Waals surface area contributed by atoms with Gasteiger partial charge in [-0.1, -0.05) is 48.5 Å². The van der Waals surface area contributed by atoms with Crippen LogP contribution in [0.4, 0.5) is 0 Å². The fraction of sp³-hybridized carbons (Fsp3) is 0.128. The van der Waals surface area contributed by atoms with Crippen LogP contribution in [0, 0.1) is 5.92 Å². The molecular formula is C39H26N4+4. The van der Waals surface area contributed by atoms with Crippen LogP contribution in [0.15, 0.2) is 122 Å². The zero-order valence-corrected chi connectivity index (χ0v) is 23.4. The second-order valence-corrected chi connectivity index (χ2v) is 13.0. The average molecular weight is 551 g/mol. The predicted molar refractivity (Wildman–Crippen MR) is 166 cm³/mol. The molecule has 4 unspecified atom stereocenters.